The summed E-state index contributed by atoms with van der Waals surface area (Å²) in [5, 5.41) is 5.36. The Bertz CT molecular complexity index is 436. The highest BCUT2D eigenvalue weighted by molar-refractivity contribution is 7.10. The standard InChI is InChI=1S/C17H30N4S/c1-3-4-9-19-17(18)20-13-15(16-6-5-12-22-16)21-10-7-14(2)8-11-21/h5-6,12,14-15H,3-4,7-11,13H2,1-2H3,(H3,18,19,20). The van der Waals surface area contributed by atoms with Gasteiger partial charge in [-0.1, -0.05) is 26.3 Å². The number of thiophene rings is 1. The van der Waals surface area contributed by atoms with Gasteiger partial charge in [-0.25, -0.2) is 0 Å². The van der Waals surface area contributed by atoms with Gasteiger partial charge in [0.05, 0.1) is 12.6 Å². The van der Waals surface area contributed by atoms with Gasteiger partial charge in [0.1, 0.15) is 0 Å². The summed E-state index contributed by atoms with van der Waals surface area (Å²) in [5.41, 5.74) is 5.99. The number of unbranched alkanes of at least 4 members (excludes halogenated alkanes) is 1. The molecule has 1 saturated heterocycles. The first-order chi connectivity index (χ1) is 10.7. The second-order valence-electron chi connectivity index (χ2n) is 6.26. The zero-order valence-electron chi connectivity index (χ0n) is 13.9. The van der Waals surface area contributed by atoms with Crippen LogP contribution in [0.25, 0.3) is 0 Å². The molecule has 1 aliphatic rings. The molecule has 0 aromatic carbocycles. The SMILES string of the molecule is CCCCNC(N)=NCC(c1cccs1)N1CCC(C)CC1. The molecule has 22 heavy (non-hydrogen) atoms. The number of piperidine rings is 1. The minimum atomic E-state index is 0.374. The summed E-state index contributed by atoms with van der Waals surface area (Å²) in [6.45, 7) is 8.53. The number of nitrogens with one attached hydrogen (secondary N) is 1. The second-order valence-corrected chi connectivity index (χ2v) is 7.24. The summed E-state index contributed by atoms with van der Waals surface area (Å²) < 4.78 is 0. The van der Waals surface area contributed by atoms with Gasteiger partial charge >= 0.3 is 0 Å². The van der Waals surface area contributed by atoms with Gasteiger partial charge in [0, 0.05) is 11.4 Å². The van der Waals surface area contributed by atoms with Gasteiger partial charge in [-0.15, -0.1) is 11.3 Å². The molecule has 3 N–H and O–H groups in total. The molecule has 0 radical (unpaired) electrons. The highest BCUT2D eigenvalue weighted by atomic mass is 32.1. The van der Waals surface area contributed by atoms with Crippen LogP contribution in [0.4, 0.5) is 0 Å². The number of hydrogen-bond acceptors (Lipinski definition) is 3. The van der Waals surface area contributed by atoms with E-state index in [0.29, 0.717) is 12.0 Å². The van der Waals surface area contributed by atoms with Crippen molar-refractivity contribution in [1.29, 1.82) is 0 Å². The zero-order chi connectivity index (χ0) is 15.8. The monoisotopic (exact) mass is 322 g/mol. The maximum Gasteiger partial charge on any atom is 0.188 e. The average molecular weight is 323 g/mol. The summed E-state index contributed by atoms with van der Waals surface area (Å²) in [6.07, 6.45) is 4.88. The minimum absolute atomic E-state index is 0.374. The Balaban J connectivity index is 1.95. The van der Waals surface area contributed by atoms with Gasteiger partial charge in [-0.3, -0.25) is 9.89 Å². The van der Waals surface area contributed by atoms with E-state index in [-0.39, 0.29) is 0 Å². The fourth-order valence-electron chi connectivity index (χ4n) is 2.84. The summed E-state index contributed by atoms with van der Waals surface area (Å²) in [4.78, 5) is 8.58. The number of guanidine groups is 1. The summed E-state index contributed by atoms with van der Waals surface area (Å²) >= 11 is 1.83. The largest absolute Gasteiger partial charge is 0.370 e. The van der Waals surface area contributed by atoms with E-state index < -0.39 is 0 Å². The number of nitrogens with two attached hydrogens (primary N) is 1. The molecule has 0 saturated carbocycles. The Hall–Kier alpha value is -1.07. The quantitative estimate of drug-likeness (QED) is 0.460. The van der Waals surface area contributed by atoms with Gasteiger partial charge in [0.15, 0.2) is 5.96 Å². The van der Waals surface area contributed by atoms with Gasteiger partial charge in [0.2, 0.25) is 0 Å². The van der Waals surface area contributed by atoms with Crippen molar-refractivity contribution in [1.82, 2.24) is 10.2 Å². The predicted octanol–water partition coefficient (Wildman–Crippen LogP) is 3.23. The van der Waals surface area contributed by atoms with Crippen molar-refractivity contribution < 1.29 is 0 Å². The maximum atomic E-state index is 5.99. The van der Waals surface area contributed by atoms with Crippen LogP contribution in [0.5, 0.6) is 0 Å². The van der Waals surface area contributed by atoms with E-state index in [2.05, 4.69) is 46.6 Å². The van der Waals surface area contributed by atoms with Gasteiger partial charge in [0.25, 0.3) is 0 Å². The van der Waals surface area contributed by atoms with E-state index in [1.165, 1.54) is 37.2 Å². The summed E-state index contributed by atoms with van der Waals surface area (Å²) in [6, 6.07) is 4.73. The molecule has 0 aliphatic carbocycles. The molecule has 1 unspecified atom stereocenters. The summed E-state index contributed by atoms with van der Waals surface area (Å²) in [5.74, 6) is 1.44. The molecule has 1 aromatic heterocycles. The molecule has 1 aromatic rings. The molecule has 1 fully saturated rings. The molecule has 5 heteroatoms. The van der Waals surface area contributed by atoms with Crippen LogP contribution in [0.2, 0.25) is 0 Å². The van der Waals surface area contributed by atoms with Crippen molar-refractivity contribution in [2.24, 2.45) is 16.6 Å². The molecule has 124 valence electrons. The Morgan fingerprint density at radius 2 is 2.27 bits per heavy atom. The highest BCUT2D eigenvalue weighted by Crippen LogP contribution is 2.29. The van der Waals surface area contributed by atoms with Crippen LogP contribution >= 0.6 is 11.3 Å². The fraction of sp³-hybridized carbons (Fsp3) is 0.706. The van der Waals surface area contributed by atoms with Crippen LogP contribution in [0.3, 0.4) is 0 Å². The normalized spacial score (nSPS) is 19.3. The lowest BCUT2D eigenvalue weighted by Crippen LogP contribution is -2.38. The molecule has 1 aliphatic heterocycles. The van der Waals surface area contributed by atoms with Crippen molar-refractivity contribution in [3.63, 3.8) is 0 Å². The molecule has 1 atom stereocenters. The third-order valence-corrected chi connectivity index (χ3v) is 5.38. The third kappa shape index (κ3) is 5.29. The van der Waals surface area contributed by atoms with Crippen molar-refractivity contribution in [3.05, 3.63) is 22.4 Å². The van der Waals surface area contributed by atoms with E-state index >= 15 is 0 Å². The lowest BCUT2D eigenvalue weighted by atomic mass is 9.97. The Morgan fingerprint density at radius 1 is 1.50 bits per heavy atom. The van der Waals surface area contributed by atoms with Crippen LogP contribution in [0.1, 0.15) is 50.4 Å². The van der Waals surface area contributed by atoms with Crippen LogP contribution in [-0.4, -0.2) is 37.0 Å². The first-order valence-corrected chi connectivity index (χ1v) is 9.40. The van der Waals surface area contributed by atoms with E-state index in [1.54, 1.807) is 0 Å². The van der Waals surface area contributed by atoms with Crippen LogP contribution in [0, 0.1) is 5.92 Å². The Labute approximate surface area is 138 Å². The van der Waals surface area contributed by atoms with Crippen molar-refractivity contribution in [2.75, 3.05) is 26.2 Å². The second kappa shape index (κ2) is 9.16. The molecular weight excluding hydrogens is 292 g/mol. The van der Waals surface area contributed by atoms with Crippen molar-refractivity contribution >= 4 is 17.3 Å². The van der Waals surface area contributed by atoms with Gasteiger partial charge in [-0.2, -0.15) is 0 Å². The molecule has 2 rings (SSSR count). The number of hydrogen-bond donors (Lipinski definition) is 2. The molecular formula is C17H30N4S. The number of rotatable bonds is 7. The smallest absolute Gasteiger partial charge is 0.188 e. The van der Waals surface area contributed by atoms with Crippen LogP contribution in [-0.2, 0) is 0 Å². The summed E-state index contributed by atoms with van der Waals surface area (Å²) in [7, 11) is 0. The van der Waals surface area contributed by atoms with Gasteiger partial charge < -0.3 is 11.1 Å². The van der Waals surface area contributed by atoms with E-state index in [1.807, 2.05) is 11.3 Å². The van der Waals surface area contributed by atoms with Gasteiger partial charge in [-0.05, 0) is 49.7 Å². The fourth-order valence-corrected chi connectivity index (χ4v) is 3.69. The maximum absolute atomic E-state index is 5.99. The Kier molecular flexibility index (Phi) is 7.19. The van der Waals surface area contributed by atoms with Crippen LogP contribution < -0.4 is 11.1 Å². The van der Waals surface area contributed by atoms with Crippen molar-refractivity contribution in [2.45, 2.75) is 45.6 Å². The molecule has 0 amide bonds. The van der Waals surface area contributed by atoms with Crippen molar-refractivity contribution in [3.8, 4) is 0 Å². The lowest BCUT2D eigenvalue weighted by Gasteiger charge is -2.35. The first kappa shape index (κ1) is 17.3. The average Bonchev–Trinajstić information content (AvgIpc) is 3.04. The minimum Gasteiger partial charge on any atom is -0.370 e. The topological polar surface area (TPSA) is 53.6 Å². The Morgan fingerprint density at radius 3 is 2.91 bits per heavy atom. The zero-order valence-corrected chi connectivity index (χ0v) is 14.7. The first-order valence-electron chi connectivity index (χ1n) is 8.52. The predicted molar refractivity (Wildman–Crippen MR) is 96.4 cm³/mol. The highest BCUT2D eigenvalue weighted by Gasteiger charge is 2.25. The molecule has 0 bridgehead atoms. The van der Waals surface area contributed by atoms with Crippen LogP contribution in [0.15, 0.2) is 22.5 Å². The lowest BCUT2D eigenvalue weighted by molar-refractivity contribution is 0.143. The molecule has 4 nitrogen and oxygen atoms in total. The van der Waals surface area contributed by atoms with E-state index in [4.69, 9.17) is 5.73 Å². The van der Waals surface area contributed by atoms with E-state index in [0.717, 1.165) is 25.4 Å². The molecule has 0 spiro atoms. The molecule has 2 heterocycles. The number of aliphatic imine (C=N–C) groups is 1. The third-order valence-electron chi connectivity index (χ3n) is 4.40. The number of likely N-dealkylation sites (tertiary alicyclic amines) is 1. The van der Waals surface area contributed by atoms with E-state index in [9.17, 15) is 0 Å². The number of nitrogens with zero attached hydrogens (tertiary/aromatic N) is 2.